The van der Waals surface area contributed by atoms with Crippen molar-refractivity contribution in [1.82, 2.24) is 4.98 Å². The number of anilines is 1. The maximum absolute atomic E-state index is 10.8. The molecular weight excluding hydrogens is 199 g/mol. The third-order valence-electron chi connectivity index (χ3n) is 1.11. The van der Waals surface area contributed by atoms with Crippen LogP contribution in [0.4, 0.5) is 5.82 Å². The fourth-order valence-corrected chi connectivity index (χ4v) is 0.876. The Bertz CT molecular complexity index is 290. The van der Waals surface area contributed by atoms with E-state index < -0.39 is 0 Å². The second-order valence-electron chi connectivity index (χ2n) is 2.04. The molecule has 0 aliphatic rings. The van der Waals surface area contributed by atoms with Crippen molar-refractivity contribution in [3.63, 3.8) is 0 Å². The van der Waals surface area contributed by atoms with Gasteiger partial charge in [0.25, 0.3) is 0 Å². The normalized spacial score (nSPS) is 9.50. The van der Waals surface area contributed by atoms with Gasteiger partial charge in [-0.25, -0.2) is 4.98 Å². The Morgan fingerprint density at radius 2 is 2.42 bits per heavy atom. The number of carbonyl (C=O) groups is 1. The van der Waals surface area contributed by atoms with Crippen LogP contribution in [0.1, 0.15) is 0 Å². The predicted molar refractivity (Wildman–Crippen MR) is 48.6 cm³/mol. The van der Waals surface area contributed by atoms with E-state index in [1.807, 2.05) is 0 Å². The average Bonchev–Trinajstić information content (AvgIpc) is 2.04. The summed E-state index contributed by atoms with van der Waals surface area (Å²) in [6, 6.07) is 3.17. The molecule has 1 amide bonds. The molecule has 1 heterocycles. The summed E-state index contributed by atoms with van der Waals surface area (Å²) in [5.74, 6) is 0.0216. The number of hydrogen-bond acceptors (Lipinski definition) is 2. The first-order chi connectivity index (χ1) is 5.72. The molecule has 0 spiro atoms. The van der Waals surface area contributed by atoms with Crippen LogP contribution in [-0.2, 0) is 4.79 Å². The van der Waals surface area contributed by atoms with Gasteiger partial charge in [-0.1, -0.05) is 11.6 Å². The maximum atomic E-state index is 10.8. The van der Waals surface area contributed by atoms with Crippen molar-refractivity contribution in [3.05, 3.63) is 23.4 Å². The summed E-state index contributed by atoms with van der Waals surface area (Å²) < 4.78 is 0. The van der Waals surface area contributed by atoms with Gasteiger partial charge in [0.15, 0.2) is 0 Å². The van der Waals surface area contributed by atoms with Gasteiger partial charge in [0, 0.05) is 11.2 Å². The summed E-state index contributed by atoms with van der Waals surface area (Å²) in [6.07, 6.45) is 1.51. The van der Waals surface area contributed by atoms with E-state index in [1.165, 1.54) is 6.20 Å². The quantitative estimate of drug-likeness (QED) is 0.749. The molecule has 0 fully saturated rings. The Morgan fingerprint density at radius 1 is 1.67 bits per heavy atom. The Labute approximate surface area is 79.7 Å². The van der Waals surface area contributed by atoms with E-state index in [9.17, 15) is 4.79 Å². The van der Waals surface area contributed by atoms with Crippen molar-refractivity contribution in [2.24, 2.45) is 0 Å². The molecular formula is C7H6Cl2N2O. The predicted octanol–water partition coefficient (Wildman–Crippen LogP) is 1.91. The summed E-state index contributed by atoms with van der Waals surface area (Å²) in [5, 5.41) is 2.99. The lowest BCUT2D eigenvalue weighted by Gasteiger charge is -2.00. The topological polar surface area (TPSA) is 42.0 Å². The molecule has 5 heteroatoms. The molecule has 64 valence electrons. The minimum atomic E-state index is -0.300. The monoisotopic (exact) mass is 204 g/mol. The van der Waals surface area contributed by atoms with Gasteiger partial charge in [0.05, 0.1) is 0 Å². The summed E-state index contributed by atoms with van der Waals surface area (Å²) in [4.78, 5) is 14.6. The number of rotatable bonds is 2. The SMILES string of the molecule is O=C(CCl)Nc1cc(Cl)ccn1. The van der Waals surface area contributed by atoms with Crippen molar-refractivity contribution in [1.29, 1.82) is 0 Å². The number of carbonyl (C=O) groups excluding carboxylic acids is 1. The third kappa shape index (κ3) is 2.68. The van der Waals surface area contributed by atoms with Gasteiger partial charge in [-0.3, -0.25) is 4.79 Å². The summed E-state index contributed by atoms with van der Waals surface area (Å²) in [5.41, 5.74) is 0. The highest BCUT2D eigenvalue weighted by Crippen LogP contribution is 2.11. The molecule has 1 N–H and O–H groups in total. The second-order valence-corrected chi connectivity index (χ2v) is 2.74. The lowest BCUT2D eigenvalue weighted by Crippen LogP contribution is -2.13. The van der Waals surface area contributed by atoms with Gasteiger partial charge in [-0.05, 0) is 12.1 Å². The van der Waals surface area contributed by atoms with Crippen LogP contribution in [0, 0.1) is 0 Å². The molecule has 0 aliphatic carbocycles. The molecule has 0 unspecified atom stereocenters. The van der Waals surface area contributed by atoms with Gasteiger partial charge in [0.1, 0.15) is 11.7 Å². The van der Waals surface area contributed by atoms with Crippen LogP contribution in [0.15, 0.2) is 18.3 Å². The zero-order valence-electron chi connectivity index (χ0n) is 6.05. The van der Waals surface area contributed by atoms with Crippen molar-refractivity contribution in [3.8, 4) is 0 Å². The average molecular weight is 205 g/mol. The lowest BCUT2D eigenvalue weighted by molar-refractivity contribution is -0.113. The molecule has 0 saturated heterocycles. The first kappa shape index (κ1) is 9.29. The highest BCUT2D eigenvalue weighted by molar-refractivity contribution is 6.31. The Hall–Kier alpha value is -0.800. The largest absolute Gasteiger partial charge is 0.310 e. The van der Waals surface area contributed by atoms with E-state index in [1.54, 1.807) is 12.1 Å². The third-order valence-corrected chi connectivity index (χ3v) is 1.59. The molecule has 0 aromatic carbocycles. The zero-order chi connectivity index (χ0) is 8.97. The van der Waals surface area contributed by atoms with E-state index in [4.69, 9.17) is 23.2 Å². The van der Waals surface area contributed by atoms with Crippen molar-refractivity contribution in [2.75, 3.05) is 11.2 Å². The molecule has 0 saturated carbocycles. The summed E-state index contributed by atoms with van der Waals surface area (Å²) >= 11 is 10.9. The molecule has 0 radical (unpaired) electrons. The highest BCUT2D eigenvalue weighted by Gasteiger charge is 2.00. The first-order valence-corrected chi connectivity index (χ1v) is 4.11. The fraction of sp³-hybridized carbons (Fsp3) is 0.143. The fourth-order valence-electron chi connectivity index (χ4n) is 0.649. The van der Waals surface area contributed by atoms with Crippen LogP contribution in [0.25, 0.3) is 0 Å². The maximum Gasteiger partial charge on any atom is 0.240 e. The zero-order valence-corrected chi connectivity index (χ0v) is 7.56. The van der Waals surface area contributed by atoms with Crippen LogP contribution >= 0.6 is 23.2 Å². The molecule has 0 bridgehead atoms. The summed E-state index contributed by atoms with van der Waals surface area (Å²) in [6.45, 7) is 0. The number of hydrogen-bond donors (Lipinski definition) is 1. The minimum absolute atomic E-state index is 0.0891. The van der Waals surface area contributed by atoms with Gasteiger partial charge in [-0.15, -0.1) is 11.6 Å². The number of halogens is 2. The molecule has 0 aliphatic heterocycles. The van der Waals surface area contributed by atoms with Gasteiger partial charge in [-0.2, -0.15) is 0 Å². The second kappa shape index (κ2) is 4.28. The number of nitrogens with one attached hydrogen (secondary N) is 1. The first-order valence-electron chi connectivity index (χ1n) is 3.20. The number of nitrogens with zero attached hydrogens (tertiary/aromatic N) is 1. The number of alkyl halides is 1. The van der Waals surface area contributed by atoms with Crippen LogP contribution in [0.3, 0.4) is 0 Å². The highest BCUT2D eigenvalue weighted by atomic mass is 35.5. The van der Waals surface area contributed by atoms with Crippen LogP contribution in [0.2, 0.25) is 5.02 Å². The van der Waals surface area contributed by atoms with Crippen molar-refractivity contribution in [2.45, 2.75) is 0 Å². The van der Waals surface area contributed by atoms with Gasteiger partial charge in [0.2, 0.25) is 5.91 Å². The number of aromatic nitrogens is 1. The standard InChI is InChI=1S/C7H6Cl2N2O/c8-4-7(12)11-6-3-5(9)1-2-10-6/h1-3H,4H2,(H,10,11,12). The van der Waals surface area contributed by atoms with Crippen LogP contribution < -0.4 is 5.32 Å². The Balaban J connectivity index is 2.69. The van der Waals surface area contributed by atoms with Crippen molar-refractivity contribution >= 4 is 34.9 Å². The van der Waals surface area contributed by atoms with E-state index >= 15 is 0 Å². The van der Waals surface area contributed by atoms with Crippen molar-refractivity contribution < 1.29 is 4.79 Å². The van der Waals surface area contributed by atoms with Gasteiger partial charge < -0.3 is 5.32 Å². The molecule has 0 atom stereocenters. The molecule has 12 heavy (non-hydrogen) atoms. The van der Waals surface area contributed by atoms with Crippen LogP contribution in [-0.4, -0.2) is 16.8 Å². The molecule has 1 aromatic heterocycles. The molecule has 3 nitrogen and oxygen atoms in total. The minimum Gasteiger partial charge on any atom is -0.310 e. The summed E-state index contributed by atoms with van der Waals surface area (Å²) in [7, 11) is 0. The van der Waals surface area contributed by atoms with E-state index in [2.05, 4.69) is 10.3 Å². The smallest absolute Gasteiger partial charge is 0.240 e. The molecule has 1 aromatic rings. The Kier molecular flexibility index (Phi) is 3.31. The lowest BCUT2D eigenvalue weighted by atomic mass is 10.4. The van der Waals surface area contributed by atoms with E-state index in [0.29, 0.717) is 10.8 Å². The number of pyridine rings is 1. The van der Waals surface area contributed by atoms with Gasteiger partial charge >= 0.3 is 0 Å². The van der Waals surface area contributed by atoms with E-state index in [-0.39, 0.29) is 11.8 Å². The Morgan fingerprint density at radius 3 is 3.00 bits per heavy atom. The number of amides is 1. The van der Waals surface area contributed by atoms with E-state index in [0.717, 1.165) is 0 Å². The molecule has 1 rings (SSSR count). The van der Waals surface area contributed by atoms with Crippen LogP contribution in [0.5, 0.6) is 0 Å².